The van der Waals surface area contributed by atoms with Crippen molar-refractivity contribution >= 4 is 42.9 Å². The van der Waals surface area contributed by atoms with E-state index >= 15 is 0 Å². The maximum Gasteiger partial charge on any atom is 0.188 e. The predicted octanol–water partition coefficient (Wildman–Crippen LogP) is 3.69. The van der Waals surface area contributed by atoms with Crippen molar-refractivity contribution in [3.63, 3.8) is 0 Å². The molecule has 1 aromatic heterocycles. The normalized spacial score (nSPS) is 24.3. The van der Waals surface area contributed by atoms with Gasteiger partial charge in [-0.1, -0.05) is 19.8 Å². The molecular formula is C13H17BrO3S2. The summed E-state index contributed by atoms with van der Waals surface area (Å²) in [6.45, 7) is 2.08. The van der Waals surface area contributed by atoms with Crippen molar-refractivity contribution in [3.05, 3.63) is 20.8 Å². The summed E-state index contributed by atoms with van der Waals surface area (Å²) in [6, 6.07) is 1.77. The highest BCUT2D eigenvalue weighted by atomic mass is 79.9. The van der Waals surface area contributed by atoms with Crippen LogP contribution in [-0.2, 0) is 9.84 Å². The van der Waals surface area contributed by atoms with E-state index in [1.165, 1.54) is 11.3 Å². The lowest BCUT2D eigenvalue weighted by Crippen LogP contribution is -2.31. The maximum absolute atomic E-state index is 12.3. The van der Waals surface area contributed by atoms with Crippen LogP contribution in [0.1, 0.15) is 42.3 Å². The molecule has 0 bridgehead atoms. The Morgan fingerprint density at radius 3 is 2.79 bits per heavy atom. The van der Waals surface area contributed by atoms with Gasteiger partial charge in [0.25, 0.3) is 0 Å². The predicted molar refractivity (Wildman–Crippen MR) is 81.6 cm³/mol. The zero-order valence-corrected chi connectivity index (χ0v) is 14.0. The highest BCUT2D eigenvalue weighted by Gasteiger charge is 2.32. The van der Waals surface area contributed by atoms with E-state index in [2.05, 4.69) is 22.9 Å². The van der Waals surface area contributed by atoms with Crippen molar-refractivity contribution in [2.75, 3.05) is 5.75 Å². The number of sulfone groups is 1. The van der Waals surface area contributed by atoms with E-state index in [9.17, 15) is 13.2 Å². The van der Waals surface area contributed by atoms with Crippen molar-refractivity contribution in [1.29, 1.82) is 0 Å². The lowest BCUT2D eigenvalue weighted by molar-refractivity contribution is 0.102. The van der Waals surface area contributed by atoms with Crippen LogP contribution in [0.25, 0.3) is 0 Å². The van der Waals surface area contributed by atoms with Crippen molar-refractivity contribution in [2.45, 2.75) is 37.9 Å². The van der Waals surface area contributed by atoms with Crippen molar-refractivity contribution in [1.82, 2.24) is 0 Å². The van der Waals surface area contributed by atoms with Crippen molar-refractivity contribution in [2.24, 2.45) is 5.92 Å². The molecule has 0 N–H and O–H groups in total. The summed E-state index contributed by atoms with van der Waals surface area (Å²) in [7, 11) is -3.32. The minimum absolute atomic E-state index is 0.292. The Balaban J connectivity index is 2.09. The lowest BCUT2D eigenvalue weighted by atomic mass is 9.91. The molecule has 6 heteroatoms. The van der Waals surface area contributed by atoms with Crippen LogP contribution in [0.4, 0.5) is 0 Å². The van der Waals surface area contributed by atoms with Crippen LogP contribution >= 0.6 is 27.3 Å². The van der Waals surface area contributed by atoms with E-state index in [0.29, 0.717) is 28.1 Å². The SMILES string of the molecule is CC1CCCC(S(=O)(=O)CC(=O)c2sccc2Br)C1. The zero-order valence-electron chi connectivity index (χ0n) is 10.8. The summed E-state index contributed by atoms with van der Waals surface area (Å²) in [4.78, 5) is 12.6. The summed E-state index contributed by atoms with van der Waals surface area (Å²) in [5.74, 6) is -0.207. The van der Waals surface area contributed by atoms with E-state index in [1.807, 2.05) is 0 Å². The van der Waals surface area contributed by atoms with Gasteiger partial charge in [-0.05, 0) is 46.1 Å². The fraction of sp³-hybridized carbons (Fsp3) is 0.615. The zero-order chi connectivity index (χ0) is 14.0. The van der Waals surface area contributed by atoms with Gasteiger partial charge in [0.1, 0.15) is 5.75 Å². The average Bonchev–Trinajstić information content (AvgIpc) is 2.75. The van der Waals surface area contributed by atoms with Gasteiger partial charge >= 0.3 is 0 Å². The molecule has 0 radical (unpaired) electrons. The standard InChI is InChI=1S/C13H17BrO3S2/c1-9-3-2-4-10(7-9)19(16,17)8-12(15)13-11(14)5-6-18-13/h5-6,9-10H,2-4,7-8H2,1H3. The third-order valence-corrected chi connectivity index (χ3v) is 7.59. The van der Waals surface area contributed by atoms with Gasteiger partial charge in [-0.3, -0.25) is 4.79 Å². The molecule has 106 valence electrons. The molecule has 0 spiro atoms. The average molecular weight is 365 g/mol. The Labute approximate surface area is 126 Å². The molecule has 1 heterocycles. The third-order valence-electron chi connectivity index (χ3n) is 3.60. The molecule has 2 rings (SSSR count). The van der Waals surface area contributed by atoms with E-state index < -0.39 is 9.84 Å². The largest absolute Gasteiger partial charge is 0.292 e. The Hall–Kier alpha value is -0.200. The quantitative estimate of drug-likeness (QED) is 0.765. The first-order valence-electron chi connectivity index (χ1n) is 6.38. The minimum atomic E-state index is -3.32. The van der Waals surface area contributed by atoms with Crippen LogP contribution < -0.4 is 0 Å². The van der Waals surface area contributed by atoms with Gasteiger partial charge in [0.05, 0.1) is 10.1 Å². The summed E-state index contributed by atoms with van der Waals surface area (Å²) >= 11 is 4.56. The van der Waals surface area contributed by atoms with Gasteiger partial charge in [0, 0.05) is 4.47 Å². The number of carbonyl (C=O) groups excluding carboxylic acids is 1. The topological polar surface area (TPSA) is 51.2 Å². The second kappa shape index (κ2) is 6.06. The van der Waals surface area contributed by atoms with Crippen LogP contribution in [-0.4, -0.2) is 25.2 Å². The molecule has 1 aliphatic carbocycles. The first-order valence-corrected chi connectivity index (χ1v) is 9.76. The number of carbonyl (C=O) groups is 1. The lowest BCUT2D eigenvalue weighted by Gasteiger charge is -2.26. The smallest absolute Gasteiger partial charge is 0.188 e. The number of rotatable bonds is 4. The van der Waals surface area contributed by atoms with Crippen molar-refractivity contribution in [3.8, 4) is 0 Å². The number of hydrogen-bond acceptors (Lipinski definition) is 4. The molecule has 1 aromatic rings. The summed E-state index contributed by atoms with van der Waals surface area (Å²) in [6.07, 6.45) is 3.44. The van der Waals surface area contributed by atoms with Crippen LogP contribution in [0.5, 0.6) is 0 Å². The number of ketones is 1. The van der Waals surface area contributed by atoms with Crippen LogP contribution in [0.15, 0.2) is 15.9 Å². The molecule has 2 atom stereocenters. The van der Waals surface area contributed by atoms with E-state index in [1.54, 1.807) is 11.4 Å². The van der Waals surface area contributed by atoms with Crippen LogP contribution in [0.3, 0.4) is 0 Å². The molecule has 0 aromatic carbocycles. The van der Waals surface area contributed by atoms with Gasteiger partial charge < -0.3 is 0 Å². The molecule has 0 aliphatic heterocycles. The fourth-order valence-electron chi connectivity index (χ4n) is 2.56. The summed E-state index contributed by atoms with van der Waals surface area (Å²) in [5, 5.41) is 1.45. The molecule has 0 saturated heterocycles. The van der Waals surface area contributed by atoms with Gasteiger partial charge in [-0.25, -0.2) is 8.42 Å². The van der Waals surface area contributed by atoms with Crippen LogP contribution in [0.2, 0.25) is 0 Å². The number of hydrogen-bond donors (Lipinski definition) is 0. The Kier molecular flexibility index (Phi) is 4.84. The van der Waals surface area contributed by atoms with Crippen LogP contribution in [0, 0.1) is 5.92 Å². The van der Waals surface area contributed by atoms with Gasteiger partial charge in [-0.2, -0.15) is 0 Å². The van der Waals surface area contributed by atoms with E-state index in [4.69, 9.17) is 0 Å². The molecule has 19 heavy (non-hydrogen) atoms. The third kappa shape index (κ3) is 3.67. The highest BCUT2D eigenvalue weighted by Crippen LogP contribution is 2.30. The molecule has 0 amide bonds. The second-order valence-corrected chi connectivity index (χ2v) is 9.27. The Morgan fingerprint density at radius 2 is 2.21 bits per heavy atom. The molecule has 1 fully saturated rings. The van der Waals surface area contributed by atoms with Crippen molar-refractivity contribution < 1.29 is 13.2 Å². The summed E-state index contributed by atoms with van der Waals surface area (Å²) in [5.41, 5.74) is 0. The summed E-state index contributed by atoms with van der Waals surface area (Å²) < 4.78 is 25.3. The molecule has 2 unspecified atom stereocenters. The van der Waals surface area contributed by atoms with E-state index in [0.717, 1.165) is 12.8 Å². The first-order chi connectivity index (χ1) is 8.90. The number of Topliss-reactive ketones (excluding diaryl/α,β-unsaturated/α-hetero) is 1. The number of thiophene rings is 1. The molecule has 1 aliphatic rings. The minimum Gasteiger partial charge on any atom is -0.292 e. The molecular weight excluding hydrogens is 348 g/mol. The Morgan fingerprint density at radius 1 is 1.47 bits per heavy atom. The van der Waals surface area contributed by atoms with E-state index in [-0.39, 0.29) is 16.8 Å². The molecule has 3 nitrogen and oxygen atoms in total. The van der Waals surface area contributed by atoms with Gasteiger partial charge in [-0.15, -0.1) is 11.3 Å². The van der Waals surface area contributed by atoms with Gasteiger partial charge in [0.15, 0.2) is 15.6 Å². The maximum atomic E-state index is 12.3. The Bertz CT molecular complexity index is 562. The first kappa shape index (κ1) is 15.2. The second-order valence-electron chi connectivity index (χ2n) is 5.22. The monoisotopic (exact) mass is 364 g/mol. The number of halogens is 1. The fourth-order valence-corrected chi connectivity index (χ4v) is 6.08. The molecule has 1 saturated carbocycles. The van der Waals surface area contributed by atoms with Gasteiger partial charge in [0.2, 0.25) is 0 Å². The highest BCUT2D eigenvalue weighted by molar-refractivity contribution is 9.10.